The summed E-state index contributed by atoms with van der Waals surface area (Å²) in [6, 6.07) is 0. The predicted octanol–water partition coefficient (Wildman–Crippen LogP) is 2.04. The Bertz CT molecular complexity index is 227. The van der Waals surface area contributed by atoms with Crippen molar-refractivity contribution in [1.29, 1.82) is 0 Å². The van der Waals surface area contributed by atoms with E-state index in [1.807, 2.05) is 4.90 Å². The summed E-state index contributed by atoms with van der Waals surface area (Å²) in [5.41, 5.74) is 0.747. The van der Waals surface area contributed by atoms with Gasteiger partial charge in [-0.15, -0.1) is 0 Å². The molecule has 1 saturated carbocycles. The molecule has 2 fully saturated rings. The highest BCUT2D eigenvalue weighted by Crippen LogP contribution is 2.53. The largest absolute Gasteiger partial charge is 0.341 e. The highest BCUT2D eigenvalue weighted by Gasteiger charge is 2.53. The molecule has 2 aliphatic rings. The molecular formula is C11H19NO. The van der Waals surface area contributed by atoms with Crippen molar-refractivity contribution in [2.75, 3.05) is 13.1 Å². The van der Waals surface area contributed by atoms with Crippen LogP contribution in [0.1, 0.15) is 40.0 Å². The molecule has 2 rings (SSSR count). The lowest BCUT2D eigenvalue weighted by atomic mass is 9.89. The minimum Gasteiger partial charge on any atom is -0.341 e. The van der Waals surface area contributed by atoms with Crippen LogP contribution in [0.3, 0.4) is 0 Å². The van der Waals surface area contributed by atoms with Crippen molar-refractivity contribution in [3.8, 4) is 0 Å². The molecule has 0 unspecified atom stereocenters. The molecule has 1 saturated heterocycles. The summed E-state index contributed by atoms with van der Waals surface area (Å²) < 4.78 is 0. The first-order valence-corrected chi connectivity index (χ1v) is 5.18. The summed E-state index contributed by atoms with van der Waals surface area (Å²) in [6.07, 6.45) is 3.40. The number of hydrogen-bond donors (Lipinski definition) is 0. The van der Waals surface area contributed by atoms with Crippen LogP contribution in [0.2, 0.25) is 0 Å². The second kappa shape index (κ2) is 2.49. The zero-order valence-electron chi connectivity index (χ0n) is 8.89. The Morgan fingerprint density at radius 2 is 1.85 bits per heavy atom. The van der Waals surface area contributed by atoms with Gasteiger partial charge in [0.1, 0.15) is 0 Å². The van der Waals surface area contributed by atoms with Crippen molar-refractivity contribution in [3.05, 3.63) is 0 Å². The molecule has 0 N–H and O–H groups in total. The van der Waals surface area contributed by atoms with Crippen LogP contribution in [0.15, 0.2) is 0 Å². The maximum atomic E-state index is 11.7. The number of carbonyl (C=O) groups excluding carboxylic acids is 1. The molecule has 1 aliphatic carbocycles. The third kappa shape index (κ3) is 1.87. The molecule has 0 aromatic carbocycles. The van der Waals surface area contributed by atoms with Gasteiger partial charge in [0.2, 0.25) is 5.91 Å². The molecule has 1 heterocycles. The first-order valence-electron chi connectivity index (χ1n) is 5.18. The molecule has 1 spiro atoms. The van der Waals surface area contributed by atoms with Crippen molar-refractivity contribution in [2.45, 2.75) is 40.0 Å². The van der Waals surface area contributed by atoms with Gasteiger partial charge in [0.15, 0.2) is 0 Å². The summed E-state index contributed by atoms with van der Waals surface area (Å²) in [6.45, 7) is 8.45. The van der Waals surface area contributed by atoms with E-state index in [4.69, 9.17) is 0 Å². The lowest BCUT2D eigenvalue weighted by molar-refractivity contribution is -0.140. The molecule has 0 bridgehead atoms. The maximum absolute atomic E-state index is 11.7. The third-order valence-electron chi connectivity index (χ3n) is 3.04. The van der Waals surface area contributed by atoms with E-state index < -0.39 is 0 Å². The fraction of sp³-hybridized carbons (Fsp3) is 0.909. The van der Waals surface area contributed by atoms with Crippen molar-refractivity contribution >= 4 is 5.91 Å². The van der Waals surface area contributed by atoms with Gasteiger partial charge in [0, 0.05) is 24.9 Å². The average molecular weight is 181 g/mol. The molecule has 2 nitrogen and oxygen atoms in total. The van der Waals surface area contributed by atoms with Gasteiger partial charge >= 0.3 is 0 Å². The minimum absolute atomic E-state index is 0.142. The van der Waals surface area contributed by atoms with Gasteiger partial charge in [-0.1, -0.05) is 20.8 Å². The molecule has 74 valence electrons. The van der Waals surface area contributed by atoms with Crippen LogP contribution >= 0.6 is 0 Å². The summed E-state index contributed by atoms with van der Waals surface area (Å²) >= 11 is 0. The van der Waals surface area contributed by atoms with E-state index in [2.05, 4.69) is 20.8 Å². The number of hydrogen-bond acceptors (Lipinski definition) is 1. The molecule has 0 atom stereocenters. The van der Waals surface area contributed by atoms with Crippen LogP contribution in [0.25, 0.3) is 0 Å². The highest BCUT2D eigenvalue weighted by atomic mass is 16.2. The van der Waals surface area contributed by atoms with Crippen LogP contribution in [0.4, 0.5) is 0 Å². The van der Waals surface area contributed by atoms with Crippen molar-refractivity contribution < 1.29 is 4.79 Å². The molecule has 13 heavy (non-hydrogen) atoms. The van der Waals surface area contributed by atoms with Crippen LogP contribution < -0.4 is 0 Å². The Morgan fingerprint density at radius 1 is 1.31 bits per heavy atom. The zero-order chi connectivity index (χ0) is 9.69. The van der Waals surface area contributed by atoms with Crippen molar-refractivity contribution in [1.82, 2.24) is 4.90 Å². The van der Waals surface area contributed by atoms with Crippen LogP contribution in [0.5, 0.6) is 0 Å². The van der Waals surface area contributed by atoms with E-state index in [1.54, 1.807) is 0 Å². The molecule has 1 amide bonds. The smallest absolute Gasteiger partial charge is 0.223 e. The first-order chi connectivity index (χ1) is 5.90. The first kappa shape index (κ1) is 9.04. The van der Waals surface area contributed by atoms with E-state index in [1.165, 1.54) is 12.8 Å². The summed E-state index contributed by atoms with van der Waals surface area (Å²) in [4.78, 5) is 13.7. The van der Waals surface area contributed by atoms with Gasteiger partial charge < -0.3 is 4.90 Å². The summed E-state index contributed by atoms with van der Waals surface area (Å²) in [5.74, 6) is 0.352. The van der Waals surface area contributed by atoms with Gasteiger partial charge in [-0.2, -0.15) is 0 Å². The second-order valence-electron chi connectivity index (χ2n) is 5.99. The van der Waals surface area contributed by atoms with E-state index in [9.17, 15) is 4.79 Å². The summed E-state index contributed by atoms with van der Waals surface area (Å²) in [5, 5.41) is 0. The lowest BCUT2D eigenvalue weighted by Gasteiger charge is -2.41. The zero-order valence-corrected chi connectivity index (χ0v) is 8.89. The fourth-order valence-electron chi connectivity index (χ4n) is 2.00. The highest BCUT2D eigenvalue weighted by molar-refractivity contribution is 5.78. The number of nitrogens with zero attached hydrogens (tertiary/aromatic N) is 1. The van der Waals surface area contributed by atoms with Crippen LogP contribution in [0, 0.1) is 10.8 Å². The standard InChI is InChI=1S/C11H19NO/c1-10(2,3)6-9(13)12-7-11(8-12)4-5-11/h4-8H2,1-3H3. The number of likely N-dealkylation sites (tertiary alicyclic amines) is 1. The van der Waals surface area contributed by atoms with Gasteiger partial charge in [0.05, 0.1) is 0 Å². The quantitative estimate of drug-likeness (QED) is 0.606. The lowest BCUT2D eigenvalue weighted by Crippen LogP contribution is -2.52. The third-order valence-corrected chi connectivity index (χ3v) is 3.04. The second-order valence-corrected chi connectivity index (χ2v) is 5.99. The number of rotatable bonds is 1. The van der Waals surface area contributed by atoms with E-state index in [0.29, 0.717) is 17.7 Å². The van der Waals surface area contributed by atoms with E-state index in [-0.39, 0.29) is 5.41 Å². The molecular weight excluding hydrogens is 162 g/mol. The van der Waals surface area contributed by atoms with Gasteiger partial charge in [-0.25, -0.2) is 0 Å². The van der Waals surface area contributed by atoms with Gasteiger partial charge in [0.25, 0.3) is 0 Å². The van der Waals surface area contributed by atoms with Crippen LogP contribution in [-0.2, 0) is 4.79 Å². The number of carbonyl (C=O) groups is 1. The molecule has 1 aliphatic heterocycles. The molecule has 0 aromatic rings. The number of amides is 1. The van der Waals surface area contributed by atoms with Crippen molar-refractivity contribution in [2.24, 2.45) is 10.8 Å². The predicted molar refractivity (Wildman–Crippen MR) is 52.3 cm³/mol. The van der Waals surface area contributed by atoms with E-state index >= 15 is 0 Å². The molecule has 2 heteroatoms. The normalized spacial score (nSPS) is 24.4. The fourth-order valence-corrected chi connectivity index (χ4v) is 2.00. The Hall–Kier alpha value is -0.530. The molecule has 0 aromatic heterocycles. The Kier molecular flexibility index (Phi) is 1.73. The average Bonchev–Trinajstić information content (AvgIpc) is 2.56. The Morgan fingerprint density at radius 3 is 2.23 bits per heavy atom. The van der Waals surface area contributed by atoms with E-state index in [0.717, 1.165) is 13.1 Å². The summed E-state index contributed by atoms with van der Waals surface area (Å²) in [7, 11) is 0. The van der Waals surface area contributed by atoms with Crippen LogP contribution in [-0.4, -0.2) is 23.9 Å². The molecule has 0 radical (unpaired) electrons. The maximum Gasteiger partial charge on any atom is 0.223 e. The van der Waals surface area contributed by atoms with Crippen molar-refractivity contribution in [3.63, 3.8) is 0 Å². The minimum atomic E-state index is 0.142. The van der Waals surface area contributed by atoms with Gasteiger partial charge in [-0.05, 0) is 18.3 Å². The topological polar surface area (TPSA) is 20.3 Å². The van der Waals surface area contributed by atoms with Gasteiger partial charge in [-0.3, -0.25) is 4.79 Å². The monoisotopic (exact) mass is 181 g/mol. The Balaban J connectivity index is 1.79. The Labute approximate surface area is 80.3 Å². The SMILES string of the molecule is CC(C)(C)CC(=O)N1CC2(CC2)C1.